The number of tetrazole rings is 1. The molecule has 0 aliphatic carbocycles. The van der Waals surface area contributed by atoms with Gasteiger partial charge < -0.3 is 10.1 Å². The zero-order valence-corrected chi connectivity index (χ0v) is 12.1. The third-order valence-corrected chi connectivity index (χ3v) is 2.74. The van der Waals surface area contributed by atoms with E-state index in [0.29, 0.717) is 4.47 Å². The molecule has 0 fully saturated rings. The first-order valence-electron chi connectivity index (χ1n) is 5.55. The van der Waals surface area contributed by atoms with Crippen LogP contribution in [-0.4, -0.2) is 27.0 Å². The Balaban J connectivity index is 2.28. The van der Waals surface area contributed by atoms with E-state index in [1.807, 2.05) is 0 Å². The first-order valence-corrected chi connectivity index (χ1v) is 6.34. The molecule has 22 heavy (non-hydrogen) atoms. The lowest BCUT2D eigenvalue weighted by atomic mass is 10.2. The van der Waals surface area contributed by atoms with E-state index in [1.165, 1.54) is 12.1 Å². The number of nitrogens with zero attached hydrogens (tertiary/aromatic N) is 4. The zero-order chi connectivity index (χ0) is 16.2. The van der Waals surface area contributed by atoms with Crippen molar-refractivity contribution < 1.29 is 17.9 Å². The molecule has 1 aromatic carbocycles. The van der Waals surface area contributed by atoms with Crippen molar-refractivity contribution in [3.8, 4) is 11.8 Å². The predicted molar refractivity (Wildman–Crippen MR) is 72.2 cm³/mol. The molecule has 7 nitrogen and oxygen atoms in total. The number of ether oxygens (including phenoxy) is 1. The molecular formula is C11H6BrF3N6O. The van der Waals surface area contributed by atoms with Gasteiger partial charge in [-0.05, 0) is 23.4 Å². The van der Waals surface area contributed by atoms with Gasteiger partial charge in [-0.15, -0.1) is 23.4 Å². The summed E-state index contributed by atoms with van der Waals surface area (Å²) in [4.78, 5) is 0. The summed E-state index contributed by atoms with van der Waals surface area (Å²) >= 11 is 3.05. The summed E-state index contributed by atoms with van der Waals surface area (Å²) in [6, 6.07) is 5.81. The molecule has 0 radical (unpaired) electrons. The quantitative estimate of drug-likeness (QED) is 0.798. The number of allylic oxidation sites excluding steroid dienone is 1. The van der Waals surface area contributed by atoms with Crippen LogP contribution in [0, 0.1) is 11.3 Å². The lowest BCUT2D eigenvalue weighted by molar-refractivity contribution is -0.274. The average molecular weight is 375 g/mol. The molecule has 114 valence electrons. The normalized spacial score (nSPS) is 11.9. The topological polar surface area (TPSA) is 99.5 Å². The third kappa shape index (κ3) is 4.19. The second kappa shape index (κ2) is 6.44. The number of hydrogen-bond donors (Lipinski definition) is 2. The van der Waals surface area contributed by atoms with Crippen LogP contribution in [0.1, 0.15) is 5.82 Å². The highest BCUT2D eigenvalue weighted by Gasteiger charge is 2.32. The fourth-order valence-electron chi connectivity index (χ4n) is 1.40. The number of anilines is 1. The Morgan fingerprint density at radius 2 is 2.23 bits per heavy atom. The van der Waals surface area contributed by atoms with Gasteiger partial charge >= 0.3 is 6.36 Å². The number of nitrogens with one attached hydrogen (secondary N) is 2. The summed E-state index contributed by atoms with van der Waals surface area (Å²) in [6.07, 6.45) is -3.69. The van der Waals surface area contributed by atoms with E-state index in [1.54, 1.807) is 6.07 Å². The molecule has 1 heterocycles. The first kappa shape index (κ1) is 15.8. The van der Waals surface area contributed by atoms with Gasteiger partial charge in [0.2, 0.25) is 5.82 Å². The van der Waals surface area contributed by atoms with Crippen molar-refractivity contribution >= 4 is 27.2 Å². The largest absolute Gasteiger partial charge is 0.573 e. The van der Waals surface area contributed by atoms with Crippen molar-refractivity contribution in [2.45, 2.75) is 6.36 Å². The summed E-state index contributed by atoms with van der Waals surface area (Å²) in [5.41, 5.74) is -0.00797. The molecule has 2 aromatic rings. The number of nitriles is 1. The molecule has 0 aliphatic heterocycles. The maximum Gasteiger partial charge on any atom is 0.573 e. The van der Waals surface area contributed by atoms with Crippen LogP contribution in [0.25, 0.3) is 5.57 Å². The van der Waals surface area contributed by atoms with Gasteiger partial charge in [0, 0.05) is 10.7 Å². The van der Waals surface area contributed by atoms with Gasteiger partial charge in [0.25, 0.3) is 0 Å². The van der Waals surface area contributed by atoms with E-state index in [0.717, 1.165) is 12.3 Å². The minimum absolute atomic E-state index is 0.00500. The number of halogens is 4. The Hall–Kier alpha value is -2.61. The van der Waals surface area contributed by atoms with Crippen molar-refractivity contribution in [1.29, 1.82) is 5.26 Å². The van der Waals surface area contributed by atoms with Crippen molar-refractivity contribution in [2.24, 2.45) is 0 Å². The molecule has 0 bridgehead atoms. The van der Waals surface area contributed by atoms with Crippen LogP contribution in [0.2, 0.25) is 0 Å². The number of alkyl halides is 3. The highest BCUT2D eigenvalue weighted by molar-refractivity contribution is 9.10. The van der Waals surface area contributed by atoms with Crippen molar-refractivity contribution in [2.75, 3.05) is 5.32 Å². The van der Waals surface area contributed by atoms with Crippen molar-refractivity contribution in [3.05, 3.63) is 34.7 Å². The Labute approximate surface area is 129 Å². The smallest absolute Gasteiger partial charge is 0.404 e. The summed E-state index contributed by atoms with van der Waals surface area (Å²) in [5, 5.41) is 24.2. The van der Waals surface area contributed by atoms with Crippen LogP contribution in [0.4, 0.5) is 18.9 Å². The van der Waals surface area contributed by atoms with Gasteiger partial charge in [-0.2, -0.15) is 10.5 Å². The van der Waals surface area contributed by atoms with E-state index in [2.05, 4.69) is 46.6 Å². The fraction of sp³-hybridized carbons (Fsp3) is 0.0909. The van der Waals surface area contributed by atoms with Crippen LogP contribution in [0.15, 0.2) is 28.9 Å². The Morgan fingerprint density at radius 1 is 1.45 bits per heavy atom. The van der Waals surface area contributed by atoms with Gasteiger partial charge in [0.15, 0.2) is 5.75 Å². The van der Waals surface area contributed by atoms with E-state index in [9.17, 15) is 13.2 Å². The molecule has 2 rings (SSSR count). The Bertz CT molecular complexity index is 722. The molecular weight excluding hydrogens is 369 g/mol. The maximum atomic E-state index is 12.4. The van der Waals surface area contributed by atoms with Gasteiger partial charge in [-0.3, -0.25) is 0 Å². The van der Waals surface area contributed by atoms with E-state index in [-0.39, 0.29) is 17.1 Å². The lowest BCUT2D eigenvalue weighted by Gasteiger charge is -2.13. The number of aromatic nitrogens is 4. The van der Waals surface area contributed by atoms with Crippen LogP contribution in [-0.2, 0) is 0 Å². The summed E-state index contributed by atoms with van der Waals surface area (Å²) < 4.78 is 41.4. The maximum absolute atomic E-state index is 12.4. The second-order valence-corrected chi connectivity index (χ2v) is 4.65. The third-order valence-electron chi connectivity index (χ3n) is 2.25. The van der Waals surface area contributed by atoms with E-state index in [4.69, 9.17) is 5.26 Å². The summed E-state index contributed by atoms with van der Waals surface area (Å²) in [7, 11) is 0. The lowest BCUT2D eigenvalue weighted by Crippen LogP contribution is -2.17. The number of hydrogen-bond acceptors (Lipinski definition) is 6. The summed E-state index contributed by atoms with van der Waals surface area (Å²) in [5.74, 6) is -0.450. The standard InChI is InChI=1S/C11H6BrF3N6O/c12-7-1-2-8(9(3-7)22-11(13,14)15)17-5-6(4-16)10-18-20-21-19-10/h1-3,5,17H,(H,18,19,20,21). The molecule has 0 spiro atoms. The van der Waals surface area contributed by atoms with Gasteiger partial charge in [0.1, 0.15) is 11.6 Å². The molecule has 0 aliphatic rings. The van der Waals surface area contributed by atoms with E-state index >= 15 is 0 Å². The molecule has 11 heteroatoms. The van der Waals surface area contributed by atoms with Crippen LogP contribution < -0.4 is 10.1 Å². The van der Waals surface area contributed by atoms with Crippen molar-refractivity contribution in [1.82, 2.24) is 20.6 Å². The number of rotatable bonds is 4. The Kier molecular flexibility index (Phi) is 4.62. The number of H-pyrrole nitrogens is 1. The average Bonchev–Trinajstić information content (AvgIpc) is 2.94. The van der Waals surface area contributed by atoms with Gasteiger partial charge in [-0.25, -0.2) is 0 Å². The molecule has 0 saturated heterocycles. The number of benzene rings is 1. The SMILES string of the molecule is N#CC(=CNc1ccc(Br)cc1OC(F)(F)F)c1nn[nH]n1. The molecule has 0 amide bonds. The summed E-state index contributed by atoms with van der Waals surface area (Å²) in [6.45, 7) is 0. The molecule has 0 unspecified atom stereocenters. The highest BCUT2D eigenvalue weighted by atomic mass is 79.9. The first-order chi connectivity index (χ1) is 10.4. The van der Waals surface area contributed by atoms with Crippen LogP contribution in [0.5, 0.6) is 5.75 Å². The Morgan fingerprint density at radius 3 is 2.82 bits per heavy atom. The monoisotopic (exact) mass is 374 g/mol. The van der Waals surface area contributed by atoms with Gasteiger partial charge in [0.05, 0.1) is 5.69 Å². The van der Waals surface area contributed by atoms with Gasteiger partial charge in [-0.1, -0.05) is 15.9 Å². The van der Waals surface area contributed by atoms with Crippen LogP contribution in [0.3, 0.4) is 0 Å². The molecule has 0 atom stereocenters. The minimum atomic E-state index is -4.84. The second-order valence-electron chi connectivity index (χ2n) is 3.74. The zero-order valence-electron chi connectivity index (χ0n) is 10.5. The fourth-order valence-corrected chi connectivity index (χ4v) is 1.74. The minimum Gasteiger partial charge on any atom is -0.404 e. The van der Waals surface area contributed by atoms with E-state index < -0.39 is 12.1 Å². The molecule has 0 saturated carbocycles. The molecule has 2 N–H and O–H groups in total. The van der Waals surface area contributed by atoms with Crippen molar-refractivity contribution in [3.63, 3.8) is 0 Å². The molecule has 1 aromatic heterocycles. The highest BCUT2D eigenvalue weighted by Crippen LogP contribution is 2.33. The number of aromatic amines is 1. The predicted octanol–water partition coefficient (Wildman–Crippen LogP) is 2.84. The van der Waals surface area contributed by atoms with Crippen LogP contribution >= 0.6 is 15.9 Å².